The van der Waals surface area contributed by atoms with Crippen LogP contribution < -0.4 is 71.3 Å². The van der Waals surface area contributed by atoms with Gasteiger partial charge in [-0.25, -0.2) is 4.79 Å². The second-order valence-corrected chi connectivity index (χ2v) is 17.9. The molecule has 396 valence electrons. The number of nitrogens with one attached hydrogen (secondary N) is 5. The molecule has 73 heavy (non-hydrogen) atoms. The average molecular weight is 1060 g/mol. The second-order valence-electron chi connectivity index (χ2n) is 17.5. The SMILES string of the molecule is CC(O)C1NC(=O)[C@@H](NC(=O)OCc2ccccc2)C[C@H](O)CNC(=O)C2[C@@H](O)C(C)CN2C(=O)[C@H]([C@H](O)CC(N)=O)NC(=O)C([C@H](O)Cc2ccc(O)c(OSOO[O-])c2)NC(=O)C2CC(O)CN2C1=O.[Na+]. The molecule has 3 aliphatic rings. The Labute approximate surface area is 442 Å². The van der Waals surface area contributed by atoms with Crippen LogP contribution in [0.5, 0.6) is 11.5 Å². The van der Waals surface area contributed by atoms with Crippen LogP contribution in [0.2, 0.25) is 0 Å². The fourth-order valence-electron chi connectivity index (χ4n) is 8.32. The van der Waals surface area contributed by atoms with Crippen molar-refractivity contribution < 1.29 is 127 Å². The van der Waals surface area contributed by atoms with E-state index in [2.05, 4.69) is 36.0 Å². The Morgan fingerprint density at radius 2 is 1.49 bits per heavy atom. The van der Waals surface area contributed by atoms with Crippen LogP contribution in [0.25, 0.3) is 0 Å². The molecular formula is C43H57N8NaO20S. The summed E-state index contributed by atoms with van der Waals surface area (Å²) in [6.07, 6.45) is -14.7. The number of aliphatic hydroxyl groups excluding tert-OH is 6. The number of nitrogens with two attached hydrogens (primary N) is 1. The van der Waals surface area contributed by atoms with E-state index in [1.165, 1.54) is 13.0 Å². The summed E-state index contributed by atoms with van der Waals surface area (Å²) < 4.78 is 14.3. The molecule has 28 nitrogen and oxygen atoms in total. The summed E-state index contributed by atoms with van der Waals surface area (Å²) in [7, 11) is 0. The summed E-state index contributed by atoms with van der Waals surface area (Å²) in [6, 6.07) is 0.184. The van der Waals surface area contributed by atoms with Gasteiger partial charge >= 0.3 is 35.7 Å². The second kappa shape index (κ2) is 27.8. The van der Waals surface area contributed by atoms with Crippen LogP contribution in [0.3, 0.4) is 0 Å². The van der Waals surface area contributed by atoms with Gasteiger partial charge in [0, 0.05) is 44.8 Å². The summed E-state index contributed by atoms with van der Waals surface area (Å²) in [5.74, 6) is -10.3. The zero-order valence-corrected chi connectivity index (χ0v) is 42.4. The van der Waals surface area contributed by atoms with E-state index in [0.29, 0.717) is 5.56 Å². The van der Waals surface area contributed by atoms with Gasteiger partial charge in [0.05, 0.1) is 43.0 Å². The Hall–Kier alpha value is -5.41. The molecule has 14 N–H and O–H groups in total. The molecule has 0 aromatic heterocycles. The Balaban J connectivity index is 0.0000116. The summed E-state index contributed by atoms with van der Waals surface area (Å²) in [5.41, 5.74) is 5.98. The van der Waals surface area contributed by atoms with Crippen molar-refractivity contribution in [2.24, 2.45) is 11.7 Å². The molecule has 3 saturated heterocycles. The van der Waals surface area contributed by atoms with Crippen molar-refractivity contribution in [3.63, 3.8) is 0 Å². The number of phenols is 1. The van der Waals surface area contributed by atoms with Gasteiger partial charge in [0.25, 0.3) is 12.3 Å². The van der Waals surface area contributed by atoms with Crippen molar-refractivity contribution >= 4 is 59.8 Å². The van der Waals surface area contributed by atoms with Crippen molar-refractivity contribution in [3.05, 3.63) is 59.7 Å². The zero-order chi connectivity index (χ0) is 53.0. The summed E-state index contributed by atoms with van der Waals surface area (Å²) >= 11 is -0.00564. The van der Waals surface area contributed by atoms with Gasteiger partial charge in [-0.15, -0.1) is 4.33 Å². The topological polar surface area (TPSA) is 431 Å². The zero-order valence-electron chi connectivity index (χ0n) is 39.6. The van der Waals surface area contributed by atoms with Gasteiger partial charge in [-0.05, 0) is 30.2 Å². The molecule has 3 aliphatic heterocycles. The van der Waals surface area contributed by atoms with Gasteiger partial charge in [0.2, 0.25) is 41.4 Å². The minimum atomic E-state index is -2.21. The number of fused-ring (bicyclic) bond motifs is 2. The number of β-amino-alcohol motifs (C(OH)–C–C–N with tert-alkyl or cyclic N) is 1. The van der Waals surface area contributed by atoms with Gasteiger partial charge in [0.1, 0.15) is 42.9 Å². The molecule has 13 atom stereocenters. The number of benzene rings is 2. The normalized spacial score (nSPS) is 27.8. The third-order valence-electron chi connectivity index (χ3n) is 12.0. The average Bonchev–Trinajstić information content (AvgIpc) is 3.87. The number of carbonyl (C=O) groups excluding carboxylic acids is 8. The number of rotatable bonds is 14. The quantitative estimate of drug-likeness (QED) is 0.0275. The maximum atomic E-state index is 14.5. The van der Waals surface area contributed by atoms with E-state index in [1.54, 1.807) is 30.3 Å². The Kier molecular flexibility index (Phi) is 22.9. The number of primary amides is 1. The van der Waals surface area contributed by atoms with Crippen LogP contribution in [0, 0.1) is 5.92 Å². The van der Waals surface area contributed by atoms with Gasteiger partial charge in [-0.2, -0.15) is 0 Å². The molecule has 0 aliphatic carbocycles. The van der Waals surface area contributed by atoms with Gasteiger partial charge in [-0.3, -0.25) is 38.6 Å². The standard InChI is InChI=1S/C43H58N8O20S.Na/c1-19-16-51-35(36(19)59)40(63)45-15-23(53)12-25(46-43(66)68-18-21-6-4-3-5-7-21)37(60)47-32(20(2)52)41(64)50-17-24(54)13-26(50)38(61)48-33(39(62)49-34(42(51)65)29(57)14-31(44)58)28(56)10-22-8-9-27(55)30(11-22)69-72-71-70-67;/h3-9,11,19-20,23-26,28-29,32-36,52-57,59,67H,10,12-18H2,1-2H3,(H2,44,58)(H,45,63)(H,46,66)(H,47,60)(H,48,61)(H,49,62);/q;+1/p-1/t19?,20?,23-,24?,25-,26?,28+,29+,32?,33?,34-,35?,36-;/m0./s1. The van der Waals surface area contributed by atoms with Crippen LogP contribution in [0.1, 0.15) is 44.2 Å². The van der Waals surface area contributed by atoms with Crippen molar-refractivity contribution in [2.75, 3.05) is 19.6 Å². The molecule has 2 aromatic carbocycles. The number of hydrogen-bond acceptors (Lipinski definition) is 21. The Morgan fingerprint density at radius 3 is 2.15 bits per heavy atom. The molecule has 7 unspecified atom stereocenters. The van der Waals surface area contributed by atoms with Crippen molar-refractivity contribution in [2.45, 2.75) is 119 Å². The first-order chi connectivity index (χ1) is 34.1. The number of phenolic OH excluding ortho intramolecular Hbond substituents is 1. The number of nitrogens with zero attached hydrogens (tertiary/aromatic N) is 2. The largest absolute Gasteiger partial charge is 1.00 e. The fourth-order valence-corrected chi connectivity index (χ4v) is 8.58. The van der Waals surface area contributed by atoms with Crippen LogP contribution in [0.15, 0.2) is 48.5 Å². The van der Waals surface area contributed by atoms with E-state index in [4.69, 9.17) is 14.7 Å². The number of aromatic hydroxyl groups is 1. The molecule has 0 bridgehead atoms. The van der Waals surface area contributed by atoms with Crippen molar-refractivity contribution in [1.29, 1.82) is 0 Å². The summed E-state index contributed by atoms with van der Waals surface area (Å²) in [6.45, 7) is 0.587. The molecule has 8 amide bonds. The number of carbonyl (C=O) groups is 8. The van der Waals surface area contributed by atoms with Crippen LogP contribution in [-0.4, -0.2) is 185 Å². The van der Waals surface area contributed by atoms with Crippen LogP contribution >= 0.6 is 12.3 Å². The maximum Gasteiger partial charge on any atom is 1.00 e. The van der Waals surface area contributed by atoms with Gasteiger partial charge in [0.15, 0.2) is 11.5 Å². The molecule has 30 heteroatoms. The Morgan fingerprint density at radius 1 is 0.836 bits per heavy atom. The van der Waals surface area contributed by atoms with E-state index in [-0.39, 0.29) is 59.8 Å². The fraction of sp³-hybridized carbons (Fsp3) is 0.535. The molecule has 5 rings (SSSR count). The molecule has 3 fully saturated rings. The van der Waals surface area contributed by atoms with E-state index in [1.807, 2.05) is 0 Å². The summed E-state index contributed by atoms with van der Waals surface area (Å²) in [5, 5.41) is 102. The number of aliphatic hydroxyl groups is 6. The predicted octanol–water partition coefficient (Wildman–Crippen LogP) is -9.12. The smallest absolute Gasteiger partial charge is 0.691 e. The van der Waals surface area contributed by atoms with Crippen LogP contribution in [-0.2, 0) is 60.7 Å². The number of alkyl carbamates (subject to hydrolysis) is 1. The van der Waals surface area contributed by atoms with Crippen LogP contribution in [0.4, 0.5) is 4.79 Å². The molecule has 0 spiro atoms. The Bertz CT molecular complexity index is 2270. The molecule has 2 aromatic rings. The van der Waals surface area contributed by atoms with E-state index in [9.17, 15) is 79.4 Å². The van der Waals surface area contributed by atoms with Gasteiger partial charge in [-0.1, -0.05) is 43.3 Å². The monoisotopic (exact) mass is 1060 g/mol. The molecule has 0 radical (unpaired) electrons. The first kappa shape index (κ1) is 60.1. The minimum Gasteiger partial charge on any atom is -0.691 e. The maximum absolute atomic E-state index is 14.5. The predicted molar refractivity (Wildman–Crippen MR) is 239 cm³/mol. The summed E-state index contributed by atoms with van der Waals surface area (Å²) in [4.78, 5) is 112. The number of hydrogen-bond donors (Lipinski definition) is 13. The van der Waals surface area contributed by atoms with E-state index >= 15 is 0 Å². The minimum absolute atomic E-state index is 0. The molecule has 0 saturated carbocycles. The van der Waals surface area contributed by atoms with Crippen molar-refractivity contribution in [3.8, 4) is 11.5 Å². The number of amides is 8. The van der Waals surface area contributed by atoms with Crippen molar-refractivity contribution in [1.82, 2.24) is 36.4 Å². The molecular weight excluding hydrogens is 1000 g/mol. The van der Waals surface area contributed by atoms with Gasteiger partial charge < -0.3 is 92.0 Å². The molecule has 3 heterocycles. The van der Waals surface area contributed by atoms with E-state index < -0.39 is 177 Å². The van der Waals surface area contributed by atoms with E-state index in [0.717, 1.165) is 28.9 Å². The third-order valence-corrected chi connectivity index (χ3v) is 12.4. The first-order valence-corrected chi connectivity index (χ1v) is 23.0. The first-order valence-electron chi connectivity index (χ1n) is 22.3. The number of ether oxygens (including phenoxy) is 1. The third kappa shape index (κ3) is 16.3.